The molecule has 2 heterocycles. The van der Waals surface area contributed by atoms with E-state index in [-0.39, 0.29) is 11.7 Å². The van der Waals surface area contributed by atoms with E-state index in [9.17, 15) is 4.79 Å². The molecule has 2 aromatic heterocycles. The Bertz CT molecular complexity index is 1040. The first-order chi connectivity index (χ1) is 14.3. The number of rotatable bonds is 9. The van der Waals surface area contributed by atoms with E-state index in [1.165, 1.54) is 4.52 Å². The number of hydrogen-bond acceptors (Lipinski definition) is 4. The standard InChI is InChI=1S/C23H32ClN5O/c1-16(2)22(25-12-9-13-27(4)5)20-14-19-21(24)17(3)26-29(19)23(30)28(20)15-18-10-7-6-8-11-18/h6-8,10-11,14,16,22,25H,9,12-13,15H2,1-5H3. The Morgan fingerprint density at radius 2 is 1.90 bits per heavy atom. The zero-order valence-corrected chi connectivity index (χ0v) is 19.3. The van der Waals surface area contributed by atoms with Crippen molar-refractivity contribution in [3.05, 3.63) is 68.9 Å². The molecule has 1 N–H and O–H groups in total. The summed E-state index contributed by atoms with van der Waals surface area (Å²) in [6, 6.07) is 12.1. The Morgan fingerprint density at radius 3 is 2.53 bits per heavy atom. The minimum atomic E-state index is -0.165. The summed E-state index contributed by atoms with van der Waals surface area (Å²) in [6.07, 6.45) is 1.04. The van der Waals surface area contributed by atoms with Gasteiger partial charge in [-0.25, -0.2) is 4.79 Å². The fraction of sp³-hybridized carbons (Fsp3) is 0.478. The number of nitrogens with zero attached hydrogens (tertiary/aromatic N) is 4. The van der Waals surface area contributed by atoms with Crippen LogP contribution in [0, 0.1) is 12.8 Å². The van der Waals surface area contributed by atoms with Crippen molar-refractivity contribution in [3.63, 3.8) is 0 Å². The van der Waals surface area contributed by atoms with Crippen LogP contribution < -0.4 is 11.0 Å². The van der Waals surface area contributed by atoms with Crippen molar-refractivity contribution in [1.82, 2.24) is 24.4 Å². The second-order valence-corrected chi connectivity index (χ2v) is 8.83. The molecule has 30 heavy (non-hydrogen) atoms. The summed E-state index contributed by atoms with van der Waals surface area (Å²) in [4.78, 5) is 15.6. The van der Waals surface area contributed by atoms with Crippen molar-refractivity contribution in [2.24, 2.45) is 5.92 Å². The van der Waals surface area contributed by atoms with E-state index >= 15 is 0 Å². The van der Waals surface area contributed by atoms with Gasteiger partial charge in [0.1, 0.15) is 0 Å². The summed E-state index contributed by atoms with van der Waals surface area (Å²) in [7, 11) is 4.16. The molecule has 1 unspecified atom stereocenters. The molecule has 0 radical (unpaired) electrons. The highest BCUT2D eigenvalue weighted by atomic mass is 35.5. The number of benzene rings is 1. The van der Waals surface area contributed by atoms with Crippen LogP contribution in [0.3, 0.4) is 0 Å². The van der Waals surface area contributed by atoms with E-state index in [0.29, 0.717) is 28.7 Å². The molecule has 0 saturated carbocycles. The lowest BCUT2D eigenvalue weighted by Gasteiger charge is -2.27. The molecule has 1 aromatic carbocycles. The Kier molecular flexibility index (Phi) is 7.34. The molecule has 0 saturated heterocycles. The fourth-order valence-corrected chi connectivity index (χ4v) is 3.93. The van der Waals surface area contributed by atoms with Crippen molar-refractivity contribution in [2.45, 2.75) is 39.8 Å². The Morgan fingerprint density at radius 1 is 1.20 bits per heavy atom. The Labute approximate surface area is 183 Å². The quantitative estimate of drug-likeness (QED) is 0.526. The van der Waals surface area contributed by atoms with Gasteiger partial charge in [0.05, 0.1) is 28.8 Å². The van der Waals surface area contributed by atoms with Crippen LogP contribution in [0.25, 0.3) is 5.52 Å². The van der Waals surface area contributed by atoms with E-state index in [4.69, 9.17) is 11.6 Å². The van der Waals surface area contributed by atoms with Crippen molar-refractivity contribution >= 4 is 17.1 Å². The summed E-state index contributed by atoms with van der Waals surface area (Å²) in [5.74, 6) is 0.302. The van der Waals surface area contributed by atoms with E-state index in [0.717, 1.165) is 30.8 Å². The number of fused-ring (bicyclic) bond motifs is 1. The SMILES string of the molecule is Cc1nn2c(=O)n(Cc3ccccc3)c(C(NCCCN(C)C)C(C)C)cc2c1Cl. The van der Waals surface area contributed by atoms with Crippen molar-refractivity contribution in [3.8, 4) is 0 Å². The molecule has 0 fully saturated rings. The maximum atomic E-state index is 13.4. The van der Waals surface area contributed by atoms with Gasteiger partial charge in [-0.05, 0) is 58.1 Å². The van der Waals surface area contributed by atoms with E-state index < -0.39 is 0 Å². The van der Waals surface area contributed by atoms with Gasteiger partial charge in [0, 0.05) is 5.69 Å². The minimum absolute atomic E-state index is 0.0276. The van der Waals surface area contributed by atoms with Gasteiger partial charge in [-0.1, -0.05) is 55.8 Å². The average Bonchev–Trinajstić information content (AvgIpc) is 2.99. The largest absolute Gasteiger partial charge is 0.349 e. The molecule has 7 heteroatoms. The first kappa shape index (κ1) is 22.5. The van der Waals surface area contributed by atoms with Crippen LogP contribution in [0.5, 0.6) is 0 Å². The van der Waals surface area contributed by atoms with E-state index in [1.54, 1.807) is 0 Å². The zero-order chi connectivity index (χ0) is 21.8. The van der Waals surface area contributed by atoms with Crippen LogP contribution in [0.4, 0.5) is 0 Å². The molecule has 0 aliphatic carbocycles. The van der Waals surface area contributed by atoms with Crippen LogP contribution >= 0.6 is 11.6 Å². The Balaban J connectivity index is 2.07. The highest BCUT2D eigenvalue weighted by Gasteiger charge is 2.23. The summed E-state index contributed by atoms with van der Waals surface area (Å²) in [5.41, 5.74) is 3.18. The van der Waals surface area contributed by atoms with Gasteiger partial charge < -0.3 is 10.2 Å². The summed E-state index contributed by atoms with van der Waals surface area (Å²) in [6.45, 7) is 8.56. The Hall–Kier alpha value is -2.15. The van der Waals surface area contributed by atoms with Gasteiger partial charge in [0.2, 0.25) is 0 Å². The molecule has 1 atom stereocenters. The first-order valence-electron chi connectivity index (χ1n) is 10.5. The van der Waals surface area contributed by atoms with Crippen molar-refractivity contribution in [2.75, 3.05) is 27.2 Å². The molecule has 3 aromatic rings. The summed E-state index contributed by atoms with van der Waals surface area (Å²) in [5, 5.41) is 8.59. The van der Waals surface area contributed by atoms with Crippen LogP contribution in [0.15, 0.2) is 41.2 Å². The molecule has 0 aliphatic rings. The zero-order valence-electron chi connectivity index (χ0n) is 18.5. The smallest absolute Gasteiger partial charge is 0.309 e. The van der Waals surface area contributed by atoms with E-state index in [1.807, 2.05) is 47.9 Å². The van der Waals surface area contributed by atoms with Gasteiger partial charge in [-0.15, -0.1) is 0 Å². The number of aromatic nitrogens is 3. The minimum Gasteiger partial charge on any atom is -0.309 e. The first-order valence-corrected chi connectivity index (χ1v) is 10.9. The lowest BCUT2D eigenvalue weighted by Crippen LogP contribution is -2.37. The molecule has 162 valence electrons. The maximum Gasteiger partial charge on any atom is 0.349 e. The maximum absolute atomic E-state index is 13.4. The van der Waals surface area contributed by atoms with Crippen molar-refractivity contribution < 1.29 is 0 Å². The predicted molar refractivity (Wildman–Crippen MR) is 123 cm³/mol. The van der Waals surface area contributed by atoms with Crippen LogP contribution in [-0.2, 0) is 6.54 Å². The van der Waals surface area contributed by atoms with Gasteiger partial charge in [0.25, 0.3) is 0 Å². The lowest BCUT2D eigenvalue weighted by molar-refractivity contribution is 0.354. The highest BCUT2D eigenvalue weighted by Crippen LogP contribution is 2.26. The highest BCUT2D eigenvalue weighted by molar-refractivity contribution is 6.34. The monoisotopic (exact) mass is 429 g/mol. The van der Waals surface area contributed by atoms with Gasteiger partial charge in [0.15, 0.2) is 0 Å². The number of hydrogen-bond donors (Lipinski definition) is 1. The van der Waals surface area contributed by atoms with Crippen LogP contribution in [0.2, 0.25) is 5.02 Å². The summed E-state index contributed by atoms with van der Waals surface area (Å²) < 4.78 is 3.25. The molecule has 6 nitrogen and oxygen atoms in total. The fourth-order valence-electron chi connectivity index (χ4n) is 3.76. The second-order valence-electron chi connectivity index (χ2n) is 8.45. The molecule has 3 rings (SSSR count). The van der Waals surface area contributed by atoms with Gasteiger partial charge in [-0.2, -0.15) is 9.61 Å². The van der Waals surface area contributed by atoms with E-state index in [2.05, 4.69) is 43.3 Å². The number of nitrogens with one attached hydrogen (secondary N) is 1. The molecule has 0 bridgehead atoms. The molecule has 0 amide bonds. The normalized spacial score (nSPS) is 12.9. The molecule has 0 spiro atoms. The van der Waals surface area contributed by atoms with Gasteiger partial charge in [-0.3, -0.25) is 4.57 Å². The van der Waals surface area contributed by atoms with Crippen molar-refractivity contribution in [1.29, 1.82) is 0 Å². The third kappa shape index (κ3) is 4.94. The molecular weight excluding hydrogens is 398 g/mol. The molecule has 0 aliphatic heterocycles. The third-order valence-corrected chi connectivity index (χ3v) is 5.81. The molecular formula is C23H32ClN5O. The predicted octanol–water partition coefficient (Wildman–Crippen LogP) is 3.74. The summed E-state index contributed by atoms with van der Waals surface area (Å²) >= 11 is 6.49. The average molecular weight is 430 g/mol. The topological polar surface area (TPSA) is 54.6 Å². The van der Waals surface area contributed by atoms with Crippen LogP contribution in [-0.4, -0.2) is 46.3 Å². The number of halogens is 1. The lowest BCUT2D eigenvalue weighted by atomic mass is 9.99. The second kappa shape index (κ2) is 9.77. The van der Waals surface area contributed by atoms with Gasteiger partial charge >= 0.3 is 5.69 Å². The number of aryl methyl sites for hydroxylation is 1. The van der Waals surface area contributed by atoms with Crippen LogP contribution in [0.1, 0.15) is 43.3 Å². The third-order valence-electron chi connectivity index (χ3n) is 5.34.